The summed E-state index contributed by atoms with van der Waals surface area (Å²) in [7, 11) is 0. The number of aromatic nitrogens is 2. The van der Waals surface area contributed by atoms with E-state index in [4.69, 9.17) is 16.0 Å². The van der Waals surface area contributed by atoms with Crippen LogP contribution in [0, 0.1) is 0 Å². The molecule has 0 aliphatic carbocycles. The van der Waals surface area contributed by atoms with Crippen molar-refractivity contribution < 1.29 is 9.32 Å². The Hall–Kier alpha value is -2.21. The summed E-state index contributed by atoms with van der Waals surface area (Å²) >= 11 is 0. The van der Waals surface area contributed by atoms with Crippen LogP contribution in [0.15, 0.2) is 28.8 Å². The molecule has 1 aromatic carbocycles. The molecule has 0 spiro atoms. The first-order chi connectivity index (χ1) is 8.20. The number of hydrogen-bond acceptors (Lipinski definition) is 5. The van der Waals surface area contributed by atoms with Gasteiger partial charge in [0.05, 0.1) is 6.42 Å². The highest BCUT2D eigenvalue weighted by molar-refractivity contribution is 5.88. The second kappa shape index (κ2) is 4.75. The van der Waals surface area contributed by atoms with Gasteiger partial charge in [-0.15, -0.1) is 0 Å². The Labute approximate surface area is 97.6 Å². The van der Waals surface area contributed by atoms with Crippen LogP contribution in [0.25, 0.3) is 0 Å². The Morgan fingerprint density at radius 3 is 2.59 bits per heavy atom. The third-order valence-corrected chi connectivity index (χ3v) is 2.37. The van der Waals surface area contributed by atoms with Gasteiger partial charge in [-0.05, 0) is 11.1 Å². The molecule has 17 heavy (non-hydrogen) atoms. The number of nitrogens with zero attached hydrogens (tertiary/aromatic N) is 2. The van der Waals surface area contributed by atoms with E-state index in [-0.39, 0.29) is 5.82 Å². The number of carbonyl (C=O) groups excluding carboxylic acids is 1. The molecule has 0 saturated heterocycles. The van der Waals surface area contributed by atoms with Crippen LogP contribution in [-0.4, -0.2) is 16.0 Å². The molecule has 0 radical (unpaired) electrons. The number of rotatable bonds is 4. The van der Waals surface area contributed by atoms with Gasteiger partial charge in [-0.1, -0.05) is 29.4 Å². The Balaban J connectivity index is 2.22. The Morgan fingerprint density at radius 1 is 1.29 bits per heavy atom. The quantitative estimate of drug-likeness (QED) is 0.783. The van der Waals surface area contributed by atoms with Gasteiger partial charge in [-0.25, -0.2) is 0 Å². The van der Waals surface area contributed by atoms with Crippen molar-refractivity contribution in [3.63, 3.8) is 0 Å². The lowest BCUT2D eigenvalue weighted by Crippen LogP contribution is -2.12. The normalized spacial score (nSPS) is 10.4. The molecule has 4 N–H and O–H groups in total. The van der Waals surface area contributed by atoms with Crippen molar-refractivity contribution in [2.75, 3.05) is 0 Å². The molecule has 0 bridgehead atoms. The largest absolute Gasteiger partial charge is 0.363 e. The highest BCUT2D eigenvalue weighted by atomic mass is 16.5. The third-order valence-electron chi connectivity index (χ3n) is 2.37. The van der Waals surface area contributed by atoms with Crippen LogP contribution in [0.5, 0.6) is 0 Å². The van der Waals surface area contributed by atoms with Crippen molar-refractivity contribution >= 4 is 5.91 Å². The topological polar surface area (TPSA) is 108 Å². The van der Waals surface area contributed by atoms with Crippen molar-refractivity contribution in [1.29, 1.82) is 0 Å². The van der Waals surface area contributed by atoms with E-state index in [9.17, 15) is 4.79 Å². The molecule has 0 fully saturated rings. The molecule has 2 aromatic rings. The molecular weight excluding hydrogens is 220 g/mol. The van der Waals surface area contributed by atoms with Gasteiger partial charge in [-0.3, -0.25) is 4.79 Å². The van der Waals surface area contributed by atoms with Crippen molar-refractivity contribution in [2.45, 2.75) is 13.0 Å². The number of nitrogens with two attached hydrogens (primary N) is 2. The first kappa shape index (κ1) is 11.3. The van der Waals surface area contributed by atoms with Crippen LogP contribution in [0.2, 0.25) is 0 Å². The van der Waals surface area contributed by atoms with E-state index in [0.717, 1.165) is 11.1 Å². The molecule has 0 aliphatic rings. The summed E-state index contributed by atoms with van der Waals surface area (Å²) in [6.45, 7) is 0.437. The van der Waals surface area contributed by atoms with E-state index < -0.39 is 5.91 Å². The van der Waals surface area contributed by atoms with Gasteiger partial charge in [0, 0.05) is 6.54 Å². The van der Waals surface area contributed by atoms with Crippen LogP contribution >= 0.6 is 0 Å². The summed E-state index contributed by atoms with van der Waals surface area (Å²) in [5.74, 6) is -0.461. The van der Waals surface area contributed by atoms with Crippen molar-refractivity contribution in [1.82, 2.24) is 10.1 Å². The van der Waals surface area contributed by atoms with Gasteiger partial charge in [-0.2, -0.15) is 4.98 Å². The van der Waals surface area contributed by atoms with Crippen LogP contribution in [0.4, 0.5) is 0 Å². The van der Waals surface area contributed by atoms with Gasteiger partial charge in [0.2, 0.25) is 5.89 Å². The van der Waals surface area contributed by atoms with Gasteiger partial charge < -0.3 is 16.0 Å². The third kappa shape index (κ3) is 2.48. The minimum absolute atomic E-state index is 0.106. The highest BCUT2D eigenvalue weighted by Crippen LogP contribution is 2.12. The SMILES string of the molecule is NCc1ccccc1Cc1nc(C(N)=O)no1. The predicted molar refractivity (Wildman–Crippen MR) is 60.0 cm³/mol. The smallest absolute Gasteiger partial charge is 0.290 e. The van der Waals surface area contributed by atoms with E-state index in [0.29, 0.717) is 18.9 Å². The van der Waals surface area contributed by atoms with E-state index in [1.165, 1.54) is 0 Å². The lowest BCUT2D eigenvalue weighted by molar-refractivity contribution is 0.0987. The lowest BCUT2D eigenvalue weighted by Gasteiger charge is -2.03. The standard InChI is InChI=1S/C11H12N4O2/c12-6-8-4-2-1-3-7(8)5-9-14-11(10(13)16)15-17-9/h1-4H,5-6,12H2,(H2,13,16). The number of benzene rings is 1. The van der Waals surface area contributed by atoms with Gasteiger partial charge in [0.1, 0.15) is 0 Å². The maximum absolute atomic E-state index is 10.8. The molecule has 1 aromatic heterocycles. The first-order valence-corrected chi connectivity index (χ1v) is 5.10. The molecule has 6 nitrogen and oxygen atoms in total. The van der Waals surface area contributed by atoms with E-state index >= 15 is 0 Å². The maximum atomic E-state index is 10.8. The zero-order valence-electron chi connectivity index (χ0n) is 9.09. The van der Waals surface area contributed by atoms with Crippen LogP contribution < -0.4 is 11.5 Å². The molecule has 0 aliphatic heterocycles. The van der Waals surface area contributed by atoms with Crippen LogP contribution in [0.3, 0.4) is 0 Å². The molecular formula is C11H12N4O2. The van der Waals surface area contributed by atoms with E-state index in [2.05, 4.69) is 10.1 Å². The second-order valence-corrected chi connectivity index (χ2v) is 3.53. The molecule has 1 amide bonds. The Kier molecular flexibility index (Phi) is 3.15. The highest BCUT2D eigenvalue weighted by Gasteiger charge is 2.12. The van der Waals surface area contributed by atoms with Crippen molar-refractivity contribution in [3.05, 3.63) is 47.1 Å². The van der Waals surface area contributed by atoms with Gasteiger partial charge >= 0.3 is 0 Å². The minimum Gasteiger partial charge on any atom is -0.363 e. The fourth-order valence-corrected chi connectivity index (χ4v) is 1.52. The van der Waals surface area contributed by atoms with Gasteiger partial charge in [0.25, 0.3) is 11.7 Å². The van der Waals surface area contributed by atoms with Crippen molar-refractivity contribution in [3.8, 4) is 0 Å². The monoisotopic (exact) mass is 232 g/mol. The molecule has 0 saturated carbocycles. The number of hydrogen-bond donors (Lipinski definition) is 2. The first-order valence-electron chi connectivity index (χ1n) is 5.10. The molecule has 2 rings (SSSR count). The minimum atomic E-state index is -0.702. The van der Waals surface area contributed by atoms with Crippen molar-refractivity contribution in [2.24, 2.45) is 11.5 Å². The fourth-order valence-electron chi connectivity index (χ4n) is 1.52. The fraction of sp³-hybridized carbons (Fsp3) is 0.182. The number of amides is 1. The number of primary amides is 1. The molecule has 6 heteroatoms. The molecule has 1 heterocycles. The van der Waals surface area contributed by atoms with Crippen LogP contribution in [0.1, 0.15) is 27.6 Å². The lowest BCUT2D eigenvalue weighted by atomic mass is 10.0. The summed E-state index contributed by atoms with van der Waals surface area (Å²) in [6, 6.07) is 7.67. The number of carbonyl (C=O) groups is 1. The van der Waals surface area contributed by atoms with Gasteiger partial charge in [0.15, 0.2) is 0 Å². The zero-order valence-corrected chi connectivity index (χ0v) is 9.09. The van der Waals surface area contributed by atoms with E-state index in [1.807, 2.05) is 24.3 Å². The zero-order chi connectivity index (χ0) is 12.3. The summed E-state index contributed by atoms with van der Waals surface area (Å²) in [6.07, 6.45) is 0.438. The Morgan fingerprint density at radius 2 is 2.00 bits per heavy atom. The predicted octanol–water partition coefficient (Wildman–Crippen LogP) is 0.218. The maximum Gasteiger partial charge on any atom is 0.290 e. The average Bonchev–Trinajstić information content (AvgIpc) is 2.78. The molecule has 88 valence electrons. The summed E-state index contributed by atoms with van der Waals surface area (Å²) in [5, 5.41) is 3.48. The summed E-state index contributed by atoms with van der Waals surface area (Å²) in [5.41, 5.74) is 12.7. The Bertz CT molecular complexity index is 536. The van der Waals surface area contributed by atoms with Crippen LogP contribution in [-0.2, 0) is 13.0 Å². The summed E-state index contributed by atoms with van der Waals surface area (Å²) in [4.78, 5) is 14.7. The molecule has 0 atom stereocenters. The van der Waals surface area contributed by atoms with E-state index in [1.54, 1.807) is 0 Å². The summed E-state index contributed by atoms with van der Waals surface area (Å²) < 4.78 is 4.93. The molecule has 0 unspecified atom stereocenters. The second-order valence-electron chi connectivity index (χ2n) is 3.53. The average molecular weight is 232 g/mol.